The molecule has 0 saturated carbocycles. The molecule has 1 spiro atoms. The van der Waals surface area contributed by atoms with Crippen LogP contribution in [-0.4, -0.2) is 83.5 Å². The topological polar surface area (TPSA) is 123 Å². The Morgan fingerprint density at radius 3 is 2.32 bits per heavy atom. The van der Waals surface area contributed by atoms with Gasteiger partial charge in [-0.3, -0.25) is 19.3 Å². The Bertz CT molecular complexity index is 743. The molecule has 0 unspecified atom stereocenters. The average Bonchev–Trinajstić information content (AvgIpc) is 2.86. The van der Waals surface area contributed by atoms with Crippen molar-refractivity contribution in [3.63, 3.8) is 0 Å². The summed E-state index contributed by atoms with van der Waals surface area (Å²) in [4.78, 5) is 54.0. The van der Waals surface area contributed by atoms with Crippen LogP contribution in [0.5, 0.6) is 0 Å². The van der Waals surface area contributed by atoms with Gasteiger partial charge in [-0.1, -0.05) is 0 Å². The predicted octanol–water partition coefficient (Wildman–Crippen LogP) is 0.395. The minimum atomic E-state index is -0.733. The number of imide groups is 1. The quantitative estimate of drug-likeness (QED) is 0.564. The number of aromatic nitrogens is 1. The van der Waals surface area contributed by atoms with Crippen molar-refractivity contribution in [1.82, 2.24) is 20.1 Å². The molecule has 2 fully saturated rings. The maximum absolute atomic E-state index is 12.5. The molecule has 10 nitrogen and oxygen atoms in total. The van der Waals surface area contributed by atoms with Gasteiger partial charge in [-0.25, -0.2) is 9.78 Å². The van der Waals surface area contributed by atoms with Crippen molar-refractivity contribution < 1.29 is 24.3 Å². The molecule has 2 N–H and O–H groups in total. The molecule has 0 aromatic carbocycles. The van der Waals surface area contributed by atoms with Crippen LogP contribution in [0.25, 0.3) is 0 Å². The highest BCUT2D eigenvalue weighted by Crippen LogP contribution is 2.36. The van der Waals surface area contributed by atoms with E-state index in [4.69, 9.17) is 9.90 Å². The van der Waals surface area contributed by atoms with Crippen molar-refractivity contribution in [2.24, 2.45) is 0 Å². The first-order chi connectivity index (χ1) is 13.3. The predicted molar refractivity (Wildman–Crippen MR) is 101 cm³/mol. The van der Waals surface area contributed by atoms with Crippen LogP contribution in [0.3, 0.4) is 0 Å². The summed E-state index contributed by atoms with van der Waals surface area (Å²) in [6, 6.07) is 3.32. The molecule has 0 atom stereocenters. The SMILES string of the molecule is CCNC(=O)c1ccc(N2CCC3(CC2)C(=O)N(C)C(=O)N3C)nc1.O=CO. The van der Waals surface area contributed by atoms with Crippen LogP contribution in [0.15, 0.2) is 18.3 Å². The Kier molecular flexibility index (Phi) is 6.55. The van der Waals surface area contributed by atoms with Gasteiger partial charge in [0.15, 0.2) is 0 Å². The lowest BCUT2D eigenvalue weighted by molar-refractivity contribution is -0.133. The summed E-state index contributed by atoms with van der Waals surface area (Å²) in [6.45, 7) is 3.45. The molecular formula is C18H25N5O5. The number of carboxylic acid groups (broad SMARTS) is 1. The van der Waals surface area contributed by atoms with Gasteiger partial charge in [0.05, 0.1) is 5.56 Å². The molecule has 4 amide bonds. The maximum Gasteiger partial charge on any atom is 0.327 e. The van der Waals surface area contributed by atoms with E-state index in [1.165, 1.54) is 11.9 Å². The standard InChI is InChI=1S/C17H23N5O3.CH2O2/c1-4-18-14(23)12-5-6-13(19-11-12)22-9-7-17(8-10-22)15(24)20(2)16(25)21(17)3;2-1-3/h5-6,11H,4,7-10H2,1-3H3,(H,18,23);1H,(H,2,3). The van der Waals surface area contributed by atoms with Gasteiger partial charge in [-0.2, -0.15) is 0 Å². The van der Waals surface area contributed by atoms with E-state index in [9.17, 15) is 14.4 Å². The van der Waals surface area contributed by atoms with Crippen LogP contribution >= 0.6 is 0 Å². The van der Waals surface area contributed by atoms with Crippen LogP contribution < -0.4 is 10.2 Å². The Morgan fingerprint density at radius 1 is 1.29 bits per heavy atom. The number of nitrogens with zero attached hydrogens (tertiary/aromatic N) is 4. The van der Waals surface area contributed by atoms with Gasteiger partial charge in [0, 0.05) is 39.9 Å². The number of pyridine rings is 1. The molecular weight excluding hydrogens is 366 g/mol. The number of anilines is 1. The normalized spacial score (nSPS) is 18.0. The summed E-state index contributed by atoms with van der Waals surface area (Å²) < 4.78 is 0. The third-order valence-electron chi connectivity index (χ3n) is 5.18. The number of amides is 4. The number of nitrogens with one attached hydrogen (secondary N) is 1. The lowest BCUT2D eigenvalue weighted by atomic mass is 9.86. The highest BCUT2D eigenvalue weighted by Gasteiger charge is 2.55. The summed E-state index contributed by atoms with van der Waals surface area (Å²) in [7, 11) is 3.22. The molecule has 0 aliphatic carbocycles. The zero-order valence-electron chi connectivity index (χ0n) is 16.2. The van der Waals surface area contributed by atoms with Gasteiger partial charge in [0.25, 0.3) is 18.3 Å². The second-order valence-electron chi connectivity index (χ2n) is 6.59. The van der Waals surface area contributed by atoms with E-state index < -0.39 is 5.54 Å². The van der Waals surface area contributed by atoms with Gasteiger partial charge in [-0.15, -0.1) is 0 Å². The van der Waals surface area contributed by atoms with Gasteiger partial charge in [-0.05, 0) is 31.9 Å². The largest absolute Gasteiger partial charge is 0.483 e. The summed E-state index contributed by atoms with van der Waals surface area (Å²) >= 11 is 0. The Hall–Kier alpha value is -3.17. The van der Waals surface area contributed by atoms with Gasteiger partial charge >= 0.3 is 6.03 Å². The van der Waals surface area contributed by atoms with Crippen LogP contribution in [0, 0.1) is 0 Å². The summed E-state index contributed by atoms with van der Waals surface area (Å²) in [6.07, 6.45) is 2.70. The van der Waals surface area contributed by atoms with Crippen molar-refractivity contribution in [3.05, 3.63) is 23.9 Å². The summed E-state index contributed by atoms with van der Waals surface area (Å²) in [5.41, 5.74) is -0.208. The smallest absolute Gasteiger partial charge is 0.327 e. The van der Waals surface area contributed by atoms with Gasteiger partial charge in [0.1, 0.15) is 11.4 Å². The van der Waals surface area contributed by atoms with Crippen molar-refractivity contribution in [1.29, 1.82) is 0 Å². The minimum absolute atomic E-state index is 0.126. The summed E-state index contributed by atoms with van der Waals surface area (Å²) in [5.74, 6) is 0.508. The molecule has 1 aromatic rings. The molecule has 2 aliphatic rings. The highest BCUT2D eigenvalue weighted by molar-refractivity contribution is 6.06. The van der Waals surface area contributed by atoms with Crippen molar-refractivity contribution in [2.75, 3.05) is 38.6 Å². The first-order valence-corrected chi connectivity index (χ1v) is 8.95. The molecule has 2 saturated heterocycles. The Morgan fingerprint density at radius 2 is 1.89 bits per heavy atom. The second-order valence-corrected chi connectivity index (χ2v) is 6.59. The number of hydrogen-bond donors (Lipinski definition) is 2. The zero-order valence-corrected chi connectivity index (χ0v) is 16.2. The van der Waals surface area contributed by atoms with Crippen molar-refractivity contribution >= 4 is 30.1 Å². The van der Waals surface area contributed by atoms with Gasteiger partial charge < -0.3 is 20.2 Å². The number of hydrogen-bond acceptors (Lipinski definition) is 6. The number of rotatable bonds is 3. The average molecular weight is 391 g/mol. The van der Waals surface area contributed by atoms with E-state index in [1.54, 1.807) is 24.2 Å². The van der Waals surface area contributed by atoms with Crippen LogP contribution in [0.2, 0.25) is 0 Å². The van der Waals surface area contributed by atoms with E-state index in [0.29, 0.717) is 38.0 Å². The summed E-state index contributed by atoms with van der Waals surface area (Å²) in [5, 5.41) is 9.63. The van der Waals surface area contributed by atoms with E-state index in [-0.39, 0.29) is 24.3 Å². The monoisotopic (exact) mass is 391 g/mol. The van der Waals surface area contributed by atoms with Crippen molar-refractivity contribution in [3.8, 4) is 0 Å². The Balaban J connectivity index is 0.000000878. The van der Waals surface area contributed by atoms with Crippen LogP contribution in [0.4, 0.5) is 10.6 Å². The van der Waals surface area contributed by atoms with Crippen LogP contribution in [-0.2, 0) is 9.59 Å². The minimum Gasteiger partial charge on any atom is -0.483 e. The molecule has 0 bridgehead atoms. The van der Waals surface area contributed by atoms with E-state index in [2.05, 4.69) is 15.2 Å². The fourth-order valence-electron chi connectivity index (χ4n) is 3.58. The van der Waals surface area contributed by atoms with E-state index in [0.717, 1.165) is 5.82 Å². The first-order valence-electron chi connectivity index (χ1n) is 8.95. The lowest BCUT2D eigenvalue weighted by Gasteiger charge is -2.41. The maximum atomic E-state index is 12.5. The van der Waals surface area contributed by atoms with E-state index >= 15 is 0 Å². The first kappa shape index (κ1) is 21.1. The third kappa shape index (κ3) is 3.75. The molecule has 2 aliphatic heterocycles. The fraction of sp³-hybridized carbons (Fsp3) is 0.500. The number of likely N-dealkylation sites (N-methyl/N-ethyl adjacent to an activating group) is 2. The molecule has 152 valence electrons. The number of urea groups is 1. The van der Waals surface area contributed by atoms with Crippen LogP contribution in [0.1, 0.15) is 30.1 Å². The number of carbonyl (C=O) groups is 4. The number of piperidine rings is 1. The highest BCUT2D eigenvalue weighted by atomic mass is 16.3. The number of carbonyl (C=O) groups excluding carboxylic acids is 3. The lowest BCUT2D eigenvalue weighted by Crippen LogP contribution is -2.55. The zero-order chi connectivity index (χ0) is 20.9. The molecule has 1 aromatic heterocycles. The van der Waals surface area contributed by atoms with Gasteiger partial charge in [0.2, 0.25) is 0 Å². The molecule has 28 heavy (non-hydrogen) atoms. The molecule has 3 heterocycles. The molecule has 10 heteroatoms. The van der Waals surface area contributed by atoms with E-state index in [1.807, 2.05) is 13.0 Å². The Labute approximate surface area is 163 Å². The molecule has 3 rings (SSSR count). The third-order valence-corrected chi connectivity index (χ3v) is 5.18. The van der Waals surface area contributed by atoms with Crippen molar-refractivity contribution in [2.45, 2.75) is 25.3 Å². The molecule has 0 radical (unpaired) electrons. The second kappa shape index (κ2) is 8.68. The fourth-order valence-corrected chi connectivity index (χ4v) is 3.58.